The van der Waals surface area contributed by atoms with Gasteiger partial charge in [0, 0.05) is 30.3 Å². The molecule has 0 bridgehead atoms. The van der Waals surface area contributed by atoms with Crippen LogP contribution in [0.3, 0.4) is 0 Å². The summed E-state index contributed by atoms with van der Waals surface area (Å²) in [4.78, 5) is 14.2. The van der Waals surface area contributed by atoms with Gasteiger partial charge in [-0.1, -0.05) is 0 Å². The van der Waals surface area contributed by atoms with E-state index in [2.05, 4.69) is 0 Å². The van der Waals surface area contributed by atoms with E-state index < -0.39 is 11.9 Å². The van der Waals surface area contributed by atoms with Crippen molar-refractivity contribution >= 4 is 6.09 Å². The molecule has 2 aliphatic heterocycles. The molecule has 2 aromatic rings. The van der Waals surface area contributed by atoms with Crippen LogP contribution in [0.1, 0.15) is 30.4 Å². The third kappa shape index (κ3) is 4.25. The quantitative estimate of drug-likeness (QED) is 0.733. The molecule has 0 aromatic heterocycles. The molecule has 2 heterocycles. The van der Waals surface area contributed by atoms with E-state index in [0.717, 1.165) is 19.3 Å². The molecule has 0 radical (unpaired) electrons. The summed E-state index contributed by atoms with van der Waals surface area (Å²) >= 11 is 0. The first-order chi connectivity index (χ1) is 14.7. The van der Waals surface area contributed by atoms with Crippen molar-refractivity contribution in [2.24, 2.45) is 0 Å². The molecular weight excluding hydrogens is 391 g/mol. The first kappa shape index (κ1) is 19.8. The van der Waals surface area contributed by atoms with Gasteiger partial charge in [-0.3, -0.25) is 0 Å². The van der Waals surface area contributed by atoms with Crippen molar-refractivity contribution in [1.82, 2.24) is 4.90 Å². The fourth-order valence-corrected chi connectivity index (χ4v) is 3.52. The van der Waals surface area contributed by atoms with Crippen molar-refractivity contribution in [3.63, 3.8) is 0 Å². The SMILES string of the molecule is N#CCc1c(F)ccc(OC(=O)N2CCCCC2)c1COc1ccc2c(c1)OCO2. The molecule has 0 aliphatic carbocycles. The molecule has 1 fully saturated rings. The summed E-state index contributed by atoms with van der Waals surface area (Å²) in [7, 11) is 0. The number of piperidine rings is 1. The average Bonchev–Trinajstić information content (AvgIpc) is 3.24. The van der Waals surface area contributed by atoms with E-state index in [-0.39, 0.29) is 31.1 Å². The normalized spacial score (nSPS) is 14.9. The molecule has 4 rings (SSSR count). The lowest BCUT2D eigenvalue weighted by Crippen LogP contribution is -2.37. The lowest BCUT2D eigenvalue weighted by atomic mass is 10.0. The number of halogens is 1. The maximum Gasteiger partial charge on any atom is 0.415 e. The van der Waals surface area contributed by atoms with Crippen LogP contribution in [0.5, 0.6) is 23.0 Å². The summed E-state index contributed by atoms with van der Waals surface area (Å²) in [6.07, 6.45) is 2.30. The number of ether oxygens (including phenoxy) is 4. The van der Waals surface area contributed by atoms with Crippen LogP contribution < -0.4 is 18.9 Å². The predicted molar refractivity (Wildman–Crippen MR) is 104 cm³/mol. The molecule has 2 aromatic carbocycles. The van der Waals surface area contributed by atoms with Crippen molar-refractivity contribution in [3.8, 4) is 29.1 Å². The van der Waals surface area contributed by atoms with E-state index in [1.165, 1.54) is 12.1 Å². The number of rotatable bonds is 5. The second-order valence-corrected chi connectivity index (χ2v) is 7.06. The number of benzene rings is 2. The molecule has 1 saturated heterocycles. The molecule has 2 aliphatic rings. The highest BCUT2D eigenvalue weighted by molar-refractivity contribution is 5.71. The Labute approximate surface area is 173 Å². The first-order valence-corrected chi connectivity index (χ1v) is 9.82. The Morgan fingerprint density at radius 3 is 2.70 bits per heavy atom. The van der Waals surface area contributed by atoms with E-state index in [0.29, 0.717) is 35.9 Å². The molecule has 7 nitrogen and oxygen atoms in total. The van der Waals surface area contributed by atoms with E-state index in [1.807, 2.05) is 6.07 Å². The number of nitrogens with zero attached hydrogens (tertiary/aromatic N) is 2. The van der Waals surface area contributed by atoms with Crippen LogP contribution in [0.2, 0.25) is 0 Å². The van der Waals surface area contributed by atoms with E-state index in [1.54, 1.807) is 23.1 Å². The topological polar surface area (TPSA) is 81.0 Å². The van der Waals surface area contributed by atoms with Crippen LogP contribution in [-0.2, 0) is 13.0 Å². The third-order valence-electron chi connectivity index (χ3n) is 5.13. The number of carbonyl (C=O) groups is 1. The zero-order valence-electron chi connectivity index (χ0n) is 16.4. The number of likely N-dealkylation sites (tertiary alicyclic amines) is 1. The summed E-state index contributed by atoms with van der Waals surface area (Å²) in [6, 6.07) is 9.66. The molecule has 30 heavy (non-hydrogen) atoms. The highest BCUT2D eigenvalue weighted by Crippen LogP contribution is 2.36. The Balaban J connectivity index is 1.56. The molecule has 0 atom stereocenters. The molecule has 0 spiro atoms. The maximum absolute atomic E-state index is 14.4. The smallest absolute Gasteiger partial charge is 0.415 e. The minimum absolute atomic E-state index is 0.0724. The van der Waals surface area contributed by atoms with Gasteiger partial charge in [0.1, 0.15) is 23.9 Å². The van der Waals surface area contributed by atoms with Crippen LogP contribution in [0.15, 0.2) is 30.3 Å². The number of nitriles is 1. The number of hydrogen-bond acceptors (Lipinski definition) is 6. The molecule has 0 N–H and O–H groups in total. The third-order valence-corrected chi connectivity index (χ3v) is 5.13. The Kier molecular flexibility index (Phi) is 5.89. The van der Waals surface area contributed by atoms with E-state index >= 15 is 0 Å². The van der Waals surface area contributed by atoms with Crippen LogP contribution >= 0.6 is 0 Å². The van der Waals surface area contributed by atoms with Gasteiger partial charge >= 0.3 is 6.09 Å². The second kappa shape index (κ2) is 8.91. The number of amides is 1. The fraction of sp³-hybridized carbons (Fsp3) is 0.364. The van der Waals surface area contributed by atoms with Crippen LogP contribution in [0.4, 0.5) is 9.18 Å². The monoisotopic (exact) mass is 412 g/mol. The largest absolute Gasteiger partial charge is 0.489 e. The molecule has 0 saturated carbocycles. The van der Waals surface area contributed by atoms with Gasteiger partial charge in [-0.15, -0.1) is 0 Å². The van der Waals surface area contributed by atoms with Crippen LogP contribution in [0.25, 0.3) is 0 Å². The van der Waals surface area contributed by atoms with E-state index in [9.17, 15) is 9.18 Å². The molecule has 0 unspecified atom stereocenters. The molecule has 8 heteroatoms. The summed E-state index contributed by atoms with van der Waals surface area (Å²) in [6.45, 7) is 1.34. The molecule has 1 amide bonds. The van der Waals surface area contributed by atoms with Gasteiger partial charge in [0.25, 0.3) is 0 Å². The lowest BCUT2D eigenvalue weighted by molar-refractivity contribution is 0.141. The van der Waals surface area contributed by atoms with Gasteiger partial charge in [0.2, 0.25) is 6.79 Å². The van der Waals surface area contributed by atoms with Crippen molar-refractivity contribution < 1.29 is 28.1 Å². The van der Waals surface area contributed by atoms with Gasteiger partial charge in [-0.25, -0.2) is 9.18 Å². The summed E-state index contributed by atoms with van der Waals surface area (Å²) in [5, 5.41) is 9.13. The van der Waals surface area contributed by atoms with E-state index in [4.69, 9.17) is 24.2 Å². The van der Waals surface area contributed by atoms with Gasteiger partial charge < -0.3 is 23.8 Å². The standard InChI is InChI=1S/C22H21FN2O5/c23-18-5-7-19(30-22(26)25-10-2-1-3-11-25)17(16(18)8-9-24)13-27-15-4-6-20-21(12-15)29-14-28-20/h4-7,12H,1-3,8,10-11,13-14H2. The van der Waals surface area contributed by atoms with Crippen LogP contribution in [-0.4, -0.2) is 30.9 Å². The highest BCUT2D eigenvalue weighted by atomic mass is 19.1. The highest BCUT2D eigenvalue weighted by Gasteiger charge is 2.23. The van der Waals surface area contributed by atoms with Crippen molar-refractivity contribution in [1.29, 1.82) is 5.26 Å². The van der Waals surface area contributed by atoms with Crippen LogP contribution in [0, 0.1) is 17.1 Å². The van der Waals surface area contributed by atoms with Gasteiger partial charge in [-0.2, -0.15) is 5.26 Å². The second-order valence-electron chi connectivity index (χ2n) is 7.06. The predicted octanol–water partition coefficient (Wildman–Crippen LogP) is 4.18. The van der Waals surface area contributed by atoms with Crippen molar-refractivity contribution in [2.45, 2.75) is 32.3 Å². The Hall–Kier alpha value is -3.47. The summed E-state index contributed by atoms with van der Waals surface area (Å²) in [5.41, 5.74) is 0.488. The van der Waals surface area contributed by atoms with Gasteiger partial charge in [0.15, 0.2) is 11.5 Å². The first-order valence-electron chi connectivity index (χ1n) is 9.82. The Bertz CT molecular complexity index is 982. The molecular formula is C22H21FN2O5. The summed E-state index contributed by atoms with van der Waals surface area (Å²) in [5.74, 6) is 1.31. The Morgan fingerprint density at radius 1 is 1.10 bits per heavy atom. The van der Waals surface area contributed by atoms with Crippen molar-refractivity contribution in [2.75, 3.05) is 19.9 Å². The lowest BCUT2D eigenvalue weighted by Gasteiger charge is -2.26. The number of hydrogen-bond donors (Lipinski definition) is 0. The average molecular weight is 412 g/mol. The van der Waals surface area contributed by atoms with Gasteiger partial charge in [0.05, 0.1) is 12.5 Å². The maximum atomic E-state index is 14.4. The van der Waals surface area contributed by atoms with Crippen molar-refractivity contribution in [3.05, 3.63) is 47.3 Å². The fourth-order valence-electron chi connectivity index (χ4n) is 3.52. The zero-order chi connectivity index (χ0) is 20.9. The summed E-state index contributed by atoms with van der Waals surface area (Å²) < 4.78 is 36.4. The Morgan fingerprint density at radius 2 is 1.90 bits per heavy atom. The zero-order valence-corrected chi connectivity index (χ0v) is 16.4. The molecule has 156 valence electrons. The number of carbonyl (C=O) groups excluding carboxylic acids is 1. The minimum atomic E-state index is -0.543. The minimum Gasteiger partial charge on any atom is -0.489 e. The number of fused-ring (bicyclic) bond motifs is 1. The van der Waals surface area contributed by atoms with Gasteiger partial charge in [-0.05, 0) is 43.5 Å².